The summed E-state index contributed by atoms with van der Waals surface area (Å²) >= 11 is 6.64. The van der Waals surface area contributed by atoms with Gasteiger partial charge < -0.3 is 10.2 Å². The van der Waals surface area contributed by atoms with Gasteiger partial charge in [0.15, 0.2) is 11.6 Å². The highest BCUT2D eigenvalue weighted by atomic mass is 35.5. The molecule has 24 heteroatoms. The first kappa shape index (κ1) is 44.0. The van der Waals surface area contributed by atoms with E-state index in [1.165, 1.54) is 42.9 Å². The van der Waals surface area contributed by atoms with Crippen LogP contribution in [0.1, 0.15) is 58.2 Å². The molecule has 1 saturated carbocycles. The van der Waals surface area contributed by atoms with E-state index in [1.54, 1.807) is 11.0 Å². The molecule has 0 spiro atoms. The van der Waals surface area contributed by atoms with Crippen LogP contribution in [0.15, 0.2) is 59.6 Å². The van der Waals surface area contributed by atoms with Crippen LogP contribution in [0.25, 0.3) is 22.3 Å². The van der Waals surface area contributed by atoms with Gasteiger partial charge in [-0.1, -0.05) is 23.7 Å². The number of halogens is 10. The Bertz CT molecular complexity index is 3100. The third-order valence-corrected chi connectivity index (χ3v) is 12.2. The van der Waals surface area contributed by atoms with Gasteiger partial charge in [0.1, 0.15) is 41.1 Å². The van der Waals surface area contributed by atoms with Gasteiger partial charge in [-0.25, -0.2) is 40.9 Å². The van der Waals surface area contributed by atoms with E-state index < -0.39 is 94.0 Å². The summed E-state index contributed by atoms with van der Waals surface area (Å²) in [5, 5.41) is 10.9. The number of nitrogens with one attached hydrogen (secondary N) is 2. The van der Waals surface area contributed by atoms with Gasteiger partial charge >= 0.3 is 6.18 Å². The SMILES string of the molecule is Cc1cc(C(F)(F)F)nc(-c2ccc3c(c2)N=C([C@H](Cc2cc(F)cc(F)c2)NC(=O)Cn2nc(C(F)F)c4c2C(F)(F)[C@@H]2C[C@H]42)N(c2ccc(Cl)c4c(NS(C)(=O)=O)nn(C)c24)C3)n1. The van der Waals surface area contributed by atoms with Gasteiger partial charge in [-0.15, -0.1) is 0 Å². The van der Waals surface area contributed by atoms with Crippen molar-refractivity contribution in [3.63, 3.8) is 0 Å². The van der Waals surface area contributed by atoms with E-state index in [1.807, 2.05) is 0 Å². The topological polar surface area (TPSA) is 152 Å². The Labute approximate surface area is 367 Å². The minimum atomic E-state index is -4.82. The van der Waals surface area contributed by atoms with Crippen LogP contribution in [0.3, 0.4) is 0 Å². The molecule has 65 heavy (non-hydrogen) atoms. The first-order chi connectivity index (χ1) is 30.5. The lowest BCUT2D eigenvalue weighted by Gasteiger charge is -2.36. The van der Waals surface area contributed by atoms with Crippen molar-refractivity contribution < 1.29 is 52.7 Å². The lowest BCUT2D eigenvalue weighted by molar-refractivity contribution is -0.141. The second kappa shape index (κ2) is 15.5. The zero-order valence-electron chi connectivity index (χ0n) is 33.8. The van der Waals surface area contributed by atoms with Crippen LogP contribution in [0.5, 0.6) is 0 Å². The van der Waals surface area contributed by atoms with Crippen LogP contribution in [-0.4, -0.2) is 62.0 Å². The molecule has 4 heterocycles. The van der Waals surface area contributed by atoms with Crippen LogP contribution in [0.4, 0.5) is 56.7 Å². The Morgan fingerprint density at radius 1 is 1.02 bits per heavy atom. The number of anilines is 2. The Kier molecular flexibility index (Phi) is 10.5. The standard InChI is InChI=1S/C41H32ClF9N10O3S/c1-17-8-29(41(49,50)51)55-37(52-17)19-4-5-20-15-60(28-7-6-25(42)32-34(28)59(2)57-38(32)58-65(3,63)64)39(54-26(20)12-19)27(11-18-9-21(43)13-22(44)10-18)53-30(62)16-61-35-31(33(56-61)36(45)46)23-14-24(23)40(35,47)48/h4-10,12-13,23-24,27,36H,11,14-16H2,1-3H3,(H,53,62)(H,57,58)/t23-,24+,27-/m0/s1. The molecule has 1 aliphatic heterocycles. The molecule has 2 aliphatic carbocycles. The molecule has 0 radical (unpaired) electrons. The molecule has 0 bridgehead atoms. The van der Waals surface area contributed by atoms with E-state index in [2.05, 4.69) is 30.2 Å². The van der Waals surface area contributed by atoms with Gasteiger partial charge in [0.25, 0.3) is 12.3 Å². The number of aromatic nitrogens is 6. The summed E-state index contributed by atoms with van der Waals surface area (Å²) in [6.45, 7) is 0.218. The Hall–Kier alpha value is -6.23. The molecular weight excluding hydrogens is 919 g/mol. The lowest BCUT2D eigenvalue weighted by atomic mass is 9.99. The van der Waals surface area contributed by atoms with Gasteiger partial charge in [-0.2, -0.15) is 32.1 Å². The van der Waals surface area contributed by atoms with E-state index in [-0.39, 0.29) is 80.1 Å². The predicted octanol–water partition coefficient (Wildman–Crippen LogP) is 8.48. The number of aliphatic imine (C=N–C) groups is 1. The number of benzene rings is 3. The highest BCUT2D eigenvalue weighted by Crippen LogP contribution is 2.68. The largest absolute Gasteiger partial charge is 0.433 e. The van der Waals surface area contributed by atoms with Crippen molar-refractivity contribution in [2.75, 3.05) is 15.9 Å². The fourth-order valence-electron chi connectivity index (χ4n) is 8.64. The average Bonchev–Trinajstić information content (AvgIpc) is 3.74. The molecule has 1 amide bonds. The molecular formula is C41H32ClF9N10O3S. The number of aryl methyl sites for hydroxylation is 2. The second-order valence-corrected chi connectivity index (χ2v) is 18.2. The first-order valence-electron chi connectivity index (χ1n) is 19.5. The van der Waals surface area contributed by atoms with Crippen LogP contribution in [0.2, 0.25) is 5.02 Å². The first-order valence-corrected chi connectivity index (χ1v) is 21.8. The highest BCUT2D eigenvalue weighted by Gasteiger charge is 2.67. The number of carbonyl (C=O) groups excluding carboxylic acids is 1. The van der Waals surface area contributed by atoms with Crippen molar-refractivity contribution in [2.45, 2.75) is 63.3 Å². The molecule has 6 aromatic rings. The number of hydrogen-bond donors (Lipinski definition) is 2. The maximum atomic E-state index is 15.5. The van der Waals surface area contributed by atoms with Gasteiger partial charge in [0, 0.05) is 42.3 Å². The third kappa shape index (κ3) is 8.12. The van der Waals surface area contributed by atoms with Crippen LogP contribution in [-0.2, 0) is 53.5 Å². The number of nitrogens with zero attached hydrogens (tertiary/aromatic N) is 8. The number of alkyl halides is 7. The van der Waals surface area contributed by atoms with Crippen LogP contribution < -0.4 is 14.9 Å². The molecule has 3 aromatic heterocycles. The fraction of sp³-hybridized carbons (Fsp3) is 0.317. The zero-order chi connectivity index (χ0) is 46.7. The van der Waals surface area contributed by atoms with Crippen molar-refractivity contribution in [3.8, 4) is 11.4 Å². The maximum absolute atomic E-state index is 15.5. The summed E-state index contributed by atoms with van der Waals surface area (Å²) in [4.78, 5) is 28.5. The minimum Gasteiger partial charge on any atom is -0.344 e. The van der Waals surface area contributed by atoms with Crippen molar-refractivity contribution >= 4 is 61.5 Å². The summed E-state index contributed by atoms with van der Waals surface area (Å²) in [7, 11) is -2.43. The molecule has 3 atom stereocenters. The monoisotopic (exact) mass is 950 g/mol. The molecule has 0 saturated heterocycles. The summed E-state index contributed by atoms with van der Waals surface area (Å²) in [5.74, 6) is -9.24. The fourth-order valence-corrected chi connectivity index (χ4v) is 9.38. The van der Waals surface area contributed by atoms with E-state index in [0.717, 1.165) is 24.5 Å². The van der Waals surface area contributed by atoms with Crippen LogP contribution in [0, 0.1) is 24.5 Å². The van der Waals surface area contributed by atoms with Gasteiger partial charge in [0.2, 0.25) is 15.9 Å². The molecule has 340 valence electrons. The van der Waals surface area contributed by atoms with Crippen molar-refractivity contribution in [3.05, 3.63) is 111 Å². The number of rotatable bonds is 11. The molecule has 3 aromatic carbocycles. The zero-order valence-corrected chi connectivity index (χ0v) is 35.4. The molecule has 9 rings (SSSR count). The van der Waals surface area contributed by atoms with Gasteiger partial charge in [0.05, 0.1) is 46.1 Å². The van der Waals surface area contributed by atoms with Crippen molar-refractivity contribution in [2.24, 2.45) is 18.0 Å². The quantitative estimate of drug-likeness (QED) is 0.123. The molecule has 2 N–H and O–H groups in total. The Morgan fingerprint density at radius 2 is 1.74 bits per heavy atom. The van der Waals surface area contributed by atoms with Crippen molar-refractivity contribution in [1.29, 1.82) is 0 Å². The van der Waals surface area contributed by atoms with E-state index in [9.17, 15) is 43.9 Å². The average molecular weight is 951 g/mol. The molecule has 13 nitrogen and oxygen atoms in total. The van der Waals surface area contributed by atoms with E-state index in [4.69, 9.17) is 16.6 Å². The summed E-state index contributed by atoms with van der Waals surface area (Å²) in [6.07, 6.45) is -7.61. The third-order valence-electron chi connectivity index (χ3n) is 11.3. The second-order valence-electron chi connectivity index (χ2n) is 16.0. The summed E-state index contributed by atoms with van der Waals surface area (Å²) in [6, 6.07) is 9.23. The number of amidine groups is 1. The van der Waals surface area contributed by atoms with Crippen LogP contribution >= 0.6 is 11.6 Å². The van der Waals surface area contributed by atoms with Crippen molar-refractivity contribution in [1.82, 2.24) is 34.8 Å². The minimum absolute atomic E-state index is 0.00599. The number of fused-ring (bicyclic) bond motifs is 5. The number of carbonyl (C=O) groups is 1. The Morgan fingerprint density at radius 3 is 2.42 bits per heavy atom. The summed E-state index contributed by atoms with van der Waals surface area (Å²) < 4.78 is 159. The molecule has 1 fully saturated rings. The van der Waals surface area contributed by atoms with E-state index >= 15 is 8.78 Å². The summed E-state index contributed by atoms with van der Waals surface area (Å²) in [5.41, 5.74) is -2.10. The lowest BCUT2D eigenvalue weighted by Crippen LogP contribution is -2.51. The normalized spacial score (nSPS) is 18.1. The number of amides is 1. The maximum Gasteiger partial charge on any atom is 0.433 e. The predicted molar refractivity (Wildman–Crippen MR) is 219 cm³/mol. The smallest absolute Gasteiger partial charge is 0.344 e. The molecule has 3 aliphatic rings. The van der Waals surface area contributed by atoms with Gasteiger partial charge in [-0.05, 0) is 66.8 Å². The number of hydrogen-bond acceptors (Lipinski definition) is 9. The molecule has 0 unspecified atom stereocenters. The Balaban J connectivity index is 1.20. The van der Waals surface area contributed by atoms with E-state index in [0.29, 0.717) is 16.3 Å². The highest BCUT2D eigenvalue weighted by molar-refractivity contribution is 7.92. The van der Waals surface area contributed by atoms with Gasteiger partial charge in [-0.3, -0.25) is 18.9 Å². The number of sulfonamides is 1.